The van der Waals surface area contributed by atoms with Gasteiger partial charge in [0.15, 0.2) is 16.6 Å². The summed E-state index contributed by atoms with van der Waals surface area (Å²) in [6, 6.07) is 11.1. The number of para-hydroxylation sites is 2. The molecule has 1 aromatic carbocycles. The van der Waals surface area contributed by atoms with Gasteiger partial charge in [0.1, 0.15) is 0 Å². The molecule has 0 aliphatic carbocycles. The molecule has 1 aliphatic heterocycles. The number of hydrogen-bond acceptors (Lipinski definition) is 5. The van der Waals surface area contributed by atoms with Crippen LogP contribution < -0.4 is 20.1 Å². The van der Waals surface area contributed by atoms with Gasteiger partial charge in [-0.05, 0) is 43.3 Å². The Morgan fingerprint density at radius 1 is 1.28 bits per heavy atom. The topological polar surface area (TPSA) is 64.6 Å². The lowest BCUT2D eigenvalue weighted by Gasteiger charge is -2.14. The largest absolute Gasteiger partial charge is 0.493 e. The summed E-state index contributed by atoms with van der Waals surface area (Å²) in [5, 5.41) is 6.82. The van der Waals surface area contributed by atoms with E-state index in [0.717, 1.165) is 25.1 Å². The van der Waals surface area contributed by atoms with E-state index in [1.54, 1.807) is 19.4 Å². The molecule has 132 valence electrons. The molecule has 0 saturated carbocycles. The SMILES string of the molecule is COc1ccccc1Oc1ccc(NC(=S)NC[C@H]2CCCO2)cn1. The molecule has 0 unspecified atom stereocenters. The average Bonchev–Trinajstić information content (AvgIpc) is 3.16. The fraction of sp³-hybridized carbons (Fsp3) is 0.333. The maximum Gasteiger partial charge on any atom is 0.219 e. The minimum Gasteiger partial charge on any atom is -0.493 e. The summed E-state index contributed by atoms with van der Waals surface area (Å²) >= 11 is 5.29. The van der Waals surface area contributed by atoms with E-state index in [1.807, 2.05) is 30.3 Å². The zero-order valence-electron chi connectivity index (χ0n) is 14.0. The van der Waals surface area contributed by atoms with Crippen LogP contribution in [0, 0.1) is 0 Å². The second-order valence-corrected chi connectivity index (χ2v) is 6.02. The Balaban J connectivity index is 1.52. The van der Waals surface area contributed by atoms with Gasteiger partial charge in [0.25, 0.3) is 0 Å². The van der Waals surface area contributed by atoms with Crippen molar-refractivity contribution < 1.29 is 14.2 Å². The number of nitrogens with zero attached hydrogens (tertiary/aromatic N) is 1. The van der Waals surface area contributed by atoms with Crippen LogP contribution in [0.1, 0.15) is 12.8 Å². The van der Waals surface area contributed by atoms with Crippen LogP contribution in [-0.2, 0) is 4.74 Å². The van der Waals surface area contributed by atoms with Crippen molar-refractivity contribution in [2.45, 2.75) is 18.9 Å². The molecule has 1 aromatic heterocycles. The zero-order valence-corrected chi connectivity index (χ0v) is 14.8. The molecule has 0 amide bonds. The molecule has 1 saturated heterocycles. The molecule has 2 N–H and O–H groups in total. The number of pyridine rings is 1. The summed E-state index contributed by atoms with van der Waals surface area (Å²) < 4.78 is 16.6. The monoisotopic (exact) mass is 359 g/mol. The predicted molar refractivity (Wildman–Crippen MR) is 101 cm³/mol. The highest BCUT2D eigenvalue weighted by Gasteiger charge is 2.15. The van der Waals surface area contributed by atoms with E-state index in [0.29, 0.717) is 29.0 Å². The van der Waals surface area contributed by atoms with Gasteiger partial charge in [0.05, 0.1) is 25.1 Å². The third-order valence-corrected chi connectivity index (χ3v) is 4.04. The van der Waals surface area contributed by atoms with E-state index >= 15 is 0 Å². The van der Waals surface area contributed by atoms with Crippen molar-refractivity contribution in [3.05, 3.63) is 42.6 Å². The third-order valence-electron chi connectivity index (χ3n) is 3.79. The van der Waals surface area contributed by atoms with E-state index in [1.165, 1.54) is 0 Å². The second-order valence-electron chi connectivity index (χ2n) is 5.61. The van der Waals surface area contributed by atoms with Gasteiger partial charge in [0, 0.05) is 19.2 Å². The first kappa shape index (κ1) is 17.4. The molecule has 1 aliphatic rings. The number of hydrogen-bond donors (Lipinski definition) is 2. The average molecular weight is 359 g/mol. The van der Waals surface area contributed by atoms with Gasteiger partial charge < -0.3 is 24.8 Å². The van der Waals surface area contributed by atoms with E-state index in [9.17, 15) is 0 Å². The molecule has 0 bridgehead atoms. The Morgan fingerprint density at radius 2 is 2.12 bits per heavy atom. The molecule has 1 atom stereocenters. The molecule has 2 aromatic rings. The van der Waals surface area contributed by atoms with Crippen LogP contribution in [0.3, 0.4) is 0 Å². The van der Waals surface area contributed by atoms with Gasteiger partial charge in [-0.3, -0.25) is 0 Å². The van der Waals surface area contributed by atoms with Crippen molar-refractivity contribution in [1.82, 2.24) is 10.3 Å². The highest BCUT2D eigenvalue weighted by Crippen LogP contribution is 2.30. The number of nitrogens with one attached hydrogen (secondary N) is 2. The standard InChI is InChI=1S/C18H21N3O3S/c1-22-15-6-2-3-7-16(15)24-17-9-8-13(11-19-17)21-18(25)20-12-14-5-4-10-23-14/h2-3,6-9,11,14H,4-5,10,12H2,1H3,(H2,20,21,25)/t14-/m1/s1. The maximum atomic E-state index is 5.75. The Morgan fingerprint density at radius 3 is 2.80 bits per heavy atom. The Bertz CT molecular complexity index is 703. The van der Waals surface area contributed by atoms with Crippen molar-refractivity contribution in [3.63, 3.8) is 0 Å². The molecule has 7 heteroatoms. The summed E-state index contributed by atoms with van der Waals surface area (Å²) in [5.41, 5.74) is 0.789. The van der Waals surface area contributed by atoms with Crippen molar-refractivity contribution in [2.75, 3.05) is 25.6 Å². The van der Waals surface area contributed by atoms with Crippen LogP contribution in [0.4, 0.5) is 5.69 Å². The molecule has 0 radical (unpaired) electrons. The van der Waals surface area contributed by atoms with Gasteiger partial charge in [-0.1, -0.05) is 12.1 Å². The van der Waals surface area contributed by atoms with Crippen LogP contribution in [0.25, 0.3) is 0 Å². The van der Waals surface area contributed by atoms with Crippen LogP contribution in [0.15, 0.2) is 42.6 Å². The van der Waals surface area contributed by atoms with Crippen molar-refractivity contribution in [1.29, 1.82) is 0 Å². The Hall–Kier alpha value is -2.38. The van der Waals surface area contributed by atoms with Crippen LogP contribution in [-0.4, -0.2) is 36.5 Å². The Kier molecular flexibility index (Phi) is 6.03. The summed E-state index contributed by atoms with van der Waals surface area (Å²) in [4.78, 5) is 4.29. The number of rotatable bonds is 6. The van der Waals surface area contributed by atoms with Gasteiger partial charge in [-0.25, -0.2) is 4.98 Å². The number of anilines is 1. The lowest BCUT2D eigenvalue weighted by Crippen LogP contribution is -2.34. The first-order chi connectivity index (χ1) is 12.2. The van der Waals surface area contributed by atoms with Crippen molar-refractivity contribution in [3.8, 4) is 17.4 Å². The van der Waals surface area contributed by atoms with Crippen LogP contribution in [0.2, 0.25) is 0 Å². The summed E-state index contributed by atoms with van der Waals surface area (Å²) in [7, 11) is 1.60. The number of methoxy groups -OCH3 is 1. The number of ether oxygens (including phenoxy) is 3. The smallest absolute Gasteiger partial charge is 0.219 e. The second kappa shape index (κ2) is 8.64. The number of thiocarbonyl (C=S) groups is 1. The Labute approximate surface area is 152 Å². The van der Waals surface area contributed by atoms with E-state index in [4.69, 9.17) is 26.4 Å². The molecular formula is C18H21N3O3S. The van der Waals surface area contributed by atoms with Gasteiger partial charge in [-0.15, -0.1) is 0 Å². The molecule has 1 fully saturated rings. The third kappa shape index (κ3) is 5.04. The van der Waals surface area contributed by atoms with Gasteiger partial charge in [0.2, 0.25) is 5.88 Å². The van der Waals surface area contributed by atoms with Crippen molar-refractivity contribution in [2.24, 2.45) is 0 Å². The number of aromatic nitrogens is 1. The van der Waals surface area contributed by atoms with Crippen LogP contribution in [0.5, 0.6) is 17.4 Å². The molecule has 3 rings (SSSR count). The maximum absolute atomic E-state index is 5.75. The van der Waals surface area contributed by atoms with Gasteiger partial charge >= 0.3 is 0 Å². The number of benzene rings is 1. The lowest BCUT2D eigenvalue weighted by atomic mass is 10.2. The first-order valence-electron chi connectivity index (χ1n) is 8.18. The molecule has 2 heterocycles. The van der Waals surface area contributed by atoms with Crippen LogP contribution >= 0.6 is 12.2 Å². The fourth-order valence-corrected chi connectivity index (χ4v) is 2.72. The highest BCUT2D eigenvalue weighted by atomic mass is 32.1. The van der Waals surface area contributed by atoms with Gasteiger partial charge in [-0.2, -0.15) is 0 Å². The van der Waals surface area contributed by atoms with E-state index in [-0.39, 0.29) is 6.10 Å². The molecule has 0 spiro atoms. The first-order valence-corrected chi connectivity index (χ1v) is 8.59. The molecule has 6 nitrogen and oxygen atoms in total. The quantitative estimate of drug-likeness (QED) is 0.767. The predicted octanol–water partition coefficient (Wildman–Crippen LogP) is 3.35. The molecule has 25 heavy (non-hydrogen) atoms. The van der Waals surface area contributed by atoms with E-state index < -0.39 is 0 Å². The summed E-state index contributed by atoms with van der Waals surface area (Å²) in [6.07, 6.45) is 4.11. The lowest BCUT2D eigenvalue weighted by molar-refractivity contribution is 0.114. The van der Waals surface area contributed by atoms with E-state index in [2.05, 4.69) is 15.6 Å². The zero-order chi connectivity index (χ0) is 17.5. The normalized spacial score (nSPS) is 16.3. The van der Waals surface area contributed by atoms with Crippen molar-refractivity contribution >= 4 is 23.0 Å². The summed E-state index contributed by atoms with van der Waals surface area (Å²) in [6.45, 7) is 1.55. The minimum atomic E-state index is 0.245. The molecular weight excluding hydrogens is 338 g/mol. The fourth-order valence-electron chi connectivity index (χ4n) is 2.52. The minimum absolute atomic E-state index is 0.245. The summed E-state index contributed by atoms with van der Waals surface area (Å²) in [5.74, 6) is 1.76. The highest BCUT2D eigenvalue weighted by molar-refractivity contribution is 7.80.